The van der Waals surface area contributed by atoms with Gasteiger partial charge in [0.2, 0.25) is 0 Å². The molecule has 0 bridgehead atoms. The van der Waals surface area contributed by atoms with Crippen molar-refractivity contribution in [3.8, 4) is 11.5 Å². The molecule has 1 saturated heterocycles. The van der Waals surface area contributed by atoms with Crippen molar-refractivity contribution in [3.05, 3.63) is 22.7 Å². The molecule has 1 aromatic rings. The Morgan fingerprint density at radius 3 is 2.55 bits per heavy atom. The van der Waals surface area contributed by atoms with Crippen molar-refractivity contribution in [3.63, 3.8) is 0 Å². The molecule has 1 saturated carbocycles. The zero-order chi connectivity index (χ0) is 14.3. The van der Waals surface area contributed by atoms with Crippen molar-refractivity contribution in [1.29, 1.82) is 0 Å². The lowest BCUT2D eigenvalue weighted by Gasteiger charge is -2.22. The number of nitrogens with zero attached hydrogens (tertiary/aromatic N) is 1. The molecular formula is C16H22BrNO2. The van der Waals surface area contributed by atoms with Crippen molar-refractivity contribution in [2.75, 3.05) is 33.4 Å². The molecule has 4 heteroatoms. The summed E-state index contributed by atoms with van der Waals surface area (Å²) in [7, 11) is 1.67. The van der Waals surface area contributed by atoms with Crippen molar-refractivity contribution < 1.29 is 9.47 Å². The molecule has 1 aliphatic carbocycles. The molecule has 0 radical (unpaired) electrons. The highest BCUT2D eigenvalue weighted by Gasteiger charge is 2.61. The van der Waals surface area contributed by atoms with Gasteiger partial charge in [-0.3, -0.25) is 4.90 Å². The van der Waals surface area contributed by atoms with E-state index in [-0.39, 0.29) is 0 Å². The minimum Gasteiger partial charge on any atom is -0.495 e. The molecule has 3 rings (SSSR count). The van der Waals surface area contributed by atoms with Gasteiger partial charge in [-0.05, 0) is 45.3 Å². The third kappa shape index (κ3) is 2.44. The van der Waals surface area contributed by atoms with Gasteiger partial charge < -0.3 is 9.47 Å². The third-order valence-corrected chi connectivity index (χ3v) is 5.79. The van der Waals surface area contributed by atoms with Gasteiger partial charge in [0.15, 0.2) is 0 Å². The second-order valence-corrected chi connectivity index (χ2v) is 7.21. The van der Waals surface area contributed by atoms with Crippen molar-refractivity contribution in [2.24, 2.45) is 17.3 Å². The lowest BCUT2D eigenvalue weighted by Crippen LogP contribution is -2.30. The highest BCUT2D eigenvalue weighted by molar-refractivity contribution is 9.10. The van der Waals surface area contributed by atoms with Crippen molar-refractivity contribution in [2.45, 2.75) is 13.8 Å². The molecule has 0 aromatic heterocycles. The Labute approximate surface area is 129 Å². The fraction of sp³-hybridized carbons (Fsp3) is 0.625. The molecule has 2 unspecified atom stereocenters. The van der Waals surface area contributed by atoms with Gasteiger partial charge in [-0.25, -0.2) is 0 Å². The number of halogens is 1. The first-order valence-corrected chi connectivity index (χ1v) is 8.01. The smallest absolute Gasteiger partial charge is 0.137 e. The van der Waals surface area contributed by atoms with E-state index < -0.39 is 0 Å². The first kappa shape index (κ1) is 14.2. The number of hydrogen-bond donors (Lipinski definition) is 0. The van der Waals surface area contributed by atoms with E-state index in [0.717, 1.165) is 41.0 Å². The topological polar surface area (TPSA) is 21.7 Å². The number of methoxy groups -OCH3 is 1. The van der Waals surface area contributed by atoms with E-state index in [1.54, 1.807) is 7.11 Å². The minimum atomic E-state index is 0.590. The van der Waals surface area contributed by atoms with Gasteiger partial charge in [-0.15, -0.1) is 0 Å². The van der Waals surface area contributed by atoms with Crippen LogP contribution in [0.5, 0.6) is 11.5 Å². The van der Waals surface area contributed by atoms with E-state index in [4.69, 9.17) is 9.47 Å². The largest absolute Gasteiger partial charge is 0.495 e. The summed E-state index contributed by atoms with van der Waals surface area (Å²) in [6.45, 7) is 8.99. The van der Waals surface area contributed by atoms with Crippen molar-refractivity contribution in [1.82, 2.24) is 4.90 Å². The number of ether oxygens (including phenoxy) is 2. The van der Waals surface area contributed by atoms with E-state index in [1.807, 2.05) is 18.2 Å². The second kappa shape index (κ2) is 5.23. The monoisotopic (exact) mass is 339 g/mol. The summed E-state index contributed by atoms with van der Waals surface area (Å²) in [5.74, 6) is 3.48. The Balaban J connectivity index is 1.47. The molecule has 110 valence electrons. The third-order valence-electron chi connectivity index (χ3n) is 5.01. The summed E-state index contributed by atoms with van der Waals surface area (Å²) in [6, 6.07) is 5.84. The van der Waals surface area contributed by atoms with Gasteiger partial charge in [0.25, 0.3) is 0 Å². The van der Waals surface area contributed by atoms with Gasteiger partial charge in [-0.2, -0.15) is 0 Å². The predicted molar refractivity (Wildman–Crippen MR) is 83.4 cm³/mol. The molecule has 1 heterocycles. The number of piperidine rings is 1. The number of benzene rings is 1. The van der Waals surface area contributed by atoms with Gasteiger partial charge in [0.05, 0.1) is 7.11 Å². The van der Waals surface area contributed by atoms with Gasteiger partial charge in [-0.1, -0.05) is 19.9 Å². The van der Waals surface area contributed by atoms with Gasteiger partial charge in [0.1, 0.15) is 22.6 Å². The fourth-order valence-electron chi connectivity index (χ4n) is 3.44. The standard InChI is InChI=1S/C16H22BrNO2/c1-16(2)11-9-18(10-12(11)16)7-8-20-14-6-4-5-13(19-3)15(14)17/h4-6,11-12H,7-10H2,1-3H3. The first-order chi connectivity index (χ1) is 9.54. The first-order valence-electron chi connectivity index (χ1n) is 7.21. The lowest BCUT2D eigenvalue weighted by atomic mass is 10.1. The van der Waals surface area contributed by atoms with Crippen LogP contribution in [0.3, 0.4) is 0 Å². The van der Waals surface area contributed by atoms with Crippen LogP contribution in [0, 0.1) is 17.3 Å². The Hall–Kier alpha value is -0.740. The molecule has 2 fully saturated rings. The quantitative estimate of drug-likeness (QED) is 0.820. The van der Waals surface area contributed by atoms with Crippen LogP contribution in [0.25, 0.3) is 0 Å². The Bertz CT molecular complexity index is 489. The van der Waals surface area contributed by atoms with Crippen LogP contribution in [-0.4, -0.2) is 38.3 Å². The van der Waals surface area contributed by atoms with Crippen LogP contribution in [0.15, 0.2) is 22.7 Å². The maximum absolute atomic E-state index is 5.87. The minimum absolute atomic E-state index is 0.590. The summed E-state index contributed by atoms with van der Waals surface area (Å²) < 4.78 is 12.0. The van der Waals surface area contributed by atoms with Gasteiger partial charge >= 0.3 is 0 Å². The Morgan fingerprint density at radius 2 is 1.90 bits per heavy atom. The van der Waals surface area contributed by atoms with Crippen LogP contribution in [0.2, 0.25) is 0 Å². The molecular weight excluding hydrogens is 318 g/mol. The summed E-state index contributed by atoms with van der Waals surface area (Å²) in [6.07, 6.45) is 0. The highest BCUT2D eigenvalue weighted by atomic mass is 79.9. The number of fused-ring (bicyclic) bond motifs is 1. The van der Waals surface area contributed by atoms with Crippen molar-refractivity contribution >= 4 is 15.9 Å². The van der Waals surface area contributed by atoms with Gasteiger partial charge in [0, 0.05) is 19.6 Å². The van der Waals surface area contributed by atoms with E-state index in [9.17, 15) is 0 Å². The Morgan fingerprint density at radius 1 is 1.25 bits per heavy atom. The maximum atomic E-state index is 5.87. The van der Waals surface area contributed by atoms with Crippen LogP contribution in [0.1, 0.15) is 13.8 Å². The highest BCUT2D eigenvalue weighted by Crippen LogP contribution is 2.61. The van der Waals surface area contributed by atoms with E-state index >= 15 is 0 Å². The normalized spacial score (nSPS) is 27.2. The second-order valence-electron chi connectivity index (χ2n) is 6.41. The summed E-state index contributed by atoms with van der Waals surface area (Å²) in [5, 5.41) is 0. The molecule has 0 spiro atoms. The van der Waals surface area contributed by atoms with Crippen LogP contribution in [0.4, 0.5) is 0 Å². The number of rotatable bonds is 5. The van der Waals surface area contributed by atoms with E-state index in [1.165, 1.54) is 13.1 Å². The SMILES string of the molecule is COc1cccc(OCCN2CC3C(C2)C3(C)C)c1Br. The zero-order valence-electron chi connectivity index (χ0n) is 12.4. The van der Waals surface area contributed by atoms with E-state index in [0.29, 0.717) is 5.41 Å². The van der Waals surface area contributed by atoms with E-state index in [2.05, 4.69) is 34.7 Å². The molecule has 0 N–H and O–H groups in total. The number of likely N-dealkylation sites (tertiary alicyclic amines) is 1. The van der Waals surface area contributed by atoms with Crippen LogP contribution in [-0.2, 0) is 0 Å². The molecule has 1 aromatic carbocycles. The molecule has 2 aliphatic rings. The summed E-state index contributed by atoms with van der Waals surface area (Å²) in [5.41, 5.74) is 0.590. The summed E-state index contributed by atoms with van der Waals surface area (Å²) >= 11 is 3.52. The Kier molecular flexibility index (Phi) is 3.71. The zero-order valence-corrected chi connectivity index (χ0v) is 13.9. The molecule has 2 atom stereocenters. The molecule has 1 aliphatic heterocycles. The predicted octanol–water partition coefficient (Wildman–Crippen LogP) is 3.42. The molecule has 3 nitrogen and oxygen atoms in total. The fourth-order valence-corrected chi connectivity index (χ4v) is 3.98. The average Bonchev–Trinajstić information content (AvgIpc) is 2.80. The van der Waals surface area contributed by atoms with Crippen LogP contribution >= 0.6 is 15.9 Å². The molecule has 20 heavy (non-hydrogen) atoms. The maximum Gasteiger partial charge on any atom is 0.137 e. The summed E-state index contributed by atoms with van der Waals surface area (Å²) in [4.78, 5) is 2.52. The number of hydrogen-bond acceptors (Lipinski definition) is 3. The molecule has 0 amide bonds. The van der Waals surface area contributed by atoms with Crippen LogP contribution < -0.4 is 9.47 Å². The lowest BCUT2D eigenvalue weighted by molar-refractivity contribution is 0.203. The average molecular weight is 340 g/mol.